The fourth-order valence-electron chi connectivity index (χ4n) is 2.29. The quantitative estimate of drug-likeness (QED) is 0.789. The molecule has 118 valence electrons. The minimum absolute atomic E-state index is 0.0343. The molecule has 1 rings (SSSR count). The third-order valence-electron chi connectivity index (χ3n) is 3.14. The van der Waals surface area contributed by atoms with Crippen molar-refractivity contribution in [2.45, 2.75) is 64.0 Å². The predicted molar refractivity (Wildman–Crippen MR) is 73.7 cm³/mol. The molecule has 2 N–H and O–H groups in total. The number of hydrogen-bond acceptors (Lipinski definition) is 4. The van der Waals surface area contributed by atoms with E-state index in [1.165, 1.54) is 0 Å². The summed E-state index contributed by atoms with van der Waals surface area (Å²) in [6.45, 7) is 6.37. The number of carbonyl (C=O) groups excluding carboxylic acids is 1. The first-order valence-electron chi connectivity index (χ1n) is 7.15. The number of nitrogens with zero attached hydrogens (tertiary/aromatic N) is 1. The molecule has 1 unspecified atom stereocenters. The molecular formula is C14H26F2N2O2. The van der Waals surface area contributed by atoms with E-state index in [1.54, 1.807) is 25.7 Å². The van der Waals surface area contributed by atoms with Crippen LogP contribution in [0.2, 0.25) is 0 Å². The van der Waals surface area contributed by atoms with Gasteiger partial charge in [-0.1, -0.05) is 0 Å². The first kappa shape index (κ1) is 17.3. The molecule has 1 aliphatic heterocycles. The van der Waals surface area contributed by atoms with Gasteiger partial charge in [0.05, 0.1) is 13.0 Å². The van der Waals surface area contributed by atoms with E-state index in [9.17, 15) is 13.6 Å². The summed E-state index contributed by atoms with van der Waals surface area (Å²) in [5.74, 6) is -2.93. The van der Waals surface area contributed by atoms with E-state index < -0.39 is 11.5 Å². The summed E-state index contributed by atoms with van der Waals surface area (Å²) >= 11 is 0. The number of carbonyl (C=O) groups is 1. The highest BCUT2D eigenvalue weighted by molar-refractivity contribution is 5.70. The number of halogens is 2. The van der Waals surface area contributed by atoms with Crippen molar-refractivity contribution in [2.24, 2.45) is 5.73 Å². The van der Waals surface area contributed by atoms with Crippen LogP contribution in [0.15, 0.2) is 0 Å². The Bertz CT molecular complexity index is 330. The van der Waals surface area contributed by atoms with Crippen LogP contribution in [0, 0.1) is 0 Å². The van der Waals surface area contributed by atoms with Crippen LogP contribution in [0.1, 0.15) is 46.5 Å². The fourth-order valence-corrected chi connectivity index (χ4v) is 2.29. The zero-order valence-electron chi connectivity index (χ0n) is 12.6. The second-order valence-corrected chi connectivity index (χ2v) is 6.57. The smallest absolute Gasteiger partial charge is 0.307 e. The largest absolute Gasteiger partial charge is 0.460 e. The molecule has 20 heavy (non-hydrogen) atoms. The number of ether oxygens (including phenoxy) is 1. The summed E-state index contributed by atoms with van der Waals surface area (Å²) in [6.07, 6.45) is 1.12. The van der Waals surface area contributed by atoms with Crippen molar-refractivity contribution in [3.05, 3.63) is 0 Å². The maximum absolute atomic E-state index is 13.2. The van der Waals surface area contributed by atoms with E-state index in [0.29, 0.717) is 25.9 Å². The number of alkyl halides is 2. The van der Waals surface area contributed by atoms with Gasteiger partial charge < -0.3 is 10.5 Å². The Balaban J connectivity index is 2.26. The maximum Gasteiger partial charge on any atom is 0.307 e. The summed E-state index contributed by atoms with van der Waals surface area (Å²) in [5, 5.41) is 0. The minimum atomic E-state index is -2.59. The normalized spacial score (nSPS) is 21.5. The number of esters is 1. The molecule has 4 nitrogen and oxygen atoms in total. The highest BCUT2D eigenvalue weighted by Crippen LogP contribution is 2.26. The van der Waals surface area contributed by atoms with Gasteiger partial charge in [0.1, 0.15) is 5.60 Å². The van der Waals surface area contributed by atoms with Crippen molar-refractivity contribution < 1.29 is 18.3 Å². The highest BCUT2D eigenvalue weighted by atomic mass is 19.3. The van der Waals surface area contributed by atoms with Crippen LogP contribution in [0.5, 0.6) is 0 Å². The first-order chi connectivity index (χ1) is 9.07. The maximum atomic E-state index is 13.2. The highest BCUT2D eigenvalue weighted by Gasteiger charge is 2.34. The molecule has 0 bridgehead atoms. The van der Waals surface area contributed by atoms with Crippen molar-refractivity contribution in [1.29, 1.82) is 0 Å². The van der Waals surface area contributed by atoms with Crippen LogP contribution in [-0.2, 0) is 9.53 Å². The predicted octanol–water partition coefficient (Wildman–Crippen LogP) is 2.17. The van der Waals surface area contributed by atoms with Gasteiger partial charge in [-0.25, -0.2) is 8.78 Å². The summed E-state index contributed by atoms with van der Waals surface area (Å²) in [7, 11) is 0. The molecule has 0 amide bonds. The summed E-state index contributed by atoms with van der Waals surface area (Å²) in [4.78, 5) is 13.3. The Labute approximate surface area is 119 Å². The monoisotopic (exact) mass is 292 g/mol. The molecular weight excluding hydrogens is 266 g/mol. The Morgan fingerprint density at radius 1 is 1.45 bits per heavy atom. The minimum Gasteiger partial charge on any atom is -0.460 e. The molecule has 0 aromatic carbocycles. The van der Waals surface area contributed by atoms with E-state index in [2.05, 4.69) is 0 Å². The lowest BCUT2D eigenvalue weighted by Crippen LogP contribution is -2.44. The van der Waals surface area contributed by atoms with Crippen molar-refractivity contribution in [3.63, 3.8) is 0 Å². The first-order valence-corrected chi connectivity index (χ1v) is 7.15. The molecule has 6 heteroatoms. The lowest BCUT2D eigenvalue weighted by molar-refractivity contribution is -0.155. The zero-order chi connectivity index (χ0) is 15.4. The van der Waals surface area contributed by atoms with Gasteiger partial charge >= 0.3 is 5.97 Å². The van der Waals surface area contributed by atoms with Gasteiger partial charge in [0.2, 0.25) is 0 Å². The third-order valence-corrected chi connectivity index (χ3v) is 3.14. The fraction of sp³-hybridized carbons (Fsp3) is 0.929. The van der Waals surface area contributed by atoms with Gasteiger partial charge in [-0.05, 0) is 46.7 Å². The number of piperidine rings is 1. The van der Waals surface area contributed by atoms with E-state index in [0.717, 1.165) is 0 Å². The summed E-state index contributed by atoms with van der Waals surface area (Å²) in [6, 6.07) is -0.347. The Morgan fingerprint density at radius 2 is 2.10 bits per heavy atom. The zero-order valence-corrected chi connectivity index (χ0v) is 12.6. The van der Waals surface area contributed by atoms with Crippen LogP contribution in [0.3, 0.4) is 0 Å². The molecule has 1 heterocycles. The Kier molecular flexibility index (Phi) is 5.89. The van der Waals surface area contributed by atoms with Crippen molar-refractivity contribution >= 4 is 5.97 Å². The second kappa shape index (κ2) is 6.80. The molecule has 0 spiro atoms. The standard InChI is InChI=1S/C14H26F2N2O2/c1-13(2,3)20-12(19)9-11(17)5-8-18-7-4-6-14(15,16)10-18/h11H,4-10,17H2,1-3H3. The topological polar surface area (TPSA) is 55.6 Å². The molecule has 1 saturated heterocycles. The average Bonchev–Trinajstić information content (AvgIpc) is 2.22. The molecule has 0 aromatic heterocycles. The number of likely N-dealkylation sites (tertiary alicyclic amines) is 1. The van der Waals surface area contributed by atoms with E-state index >= 15 is 0 Å². The second-order valence-electron chi connectivity index (χ2n) is 6.57. The van der Waals surface area contributed by atoms with Crippen LogP contribution in [0.4, 0.5) is 8.78 Å². The van der Waals surface area contributed by atoms with Crippen molar-refractivity contribution in [1.82, 2.24) is 4.90 Å². The Morgan fingerprint density at radius 3 is 2.65 bits per heavy atom. The van der Waals surface area contributed by atoms with Crippen molar-refractivity contribution in [3.8, 4) is 0 Å². The average molecular weight is 292 g/mol. The van der Waals surface area contributed by atoms with Gasteiger partial charge in [0.25, 0.3) is 5.92 Å². The van der Waals surface area contributed by atoms with Gasteiger partial charge in [-0.2, -0.15) is 0 Å². The molecule has 1 atom stereocenters. The van der Waals surface area contributed by atoms with Crippen LogP contribution >= 0.6 is 0 Å². The van der Waals surface area contributed by atoms with E-state index in [-0.39, 0.29) is 31.4 Å². The SMILES string of the molecule is CC(C)(C)OC(=O)CC(N)CCN1CCCC(F)(F)C1. The van der Waals surface area contributed by atoms with Crippen LogP contribution < -0.4 is 5.73 Å². The lowest BCUT2D eigenvalue weighted by atomic mass is 10.1. The van der Waals surface area contributed by atoms with Gasteiger partial charge in [0.15, 0.2) is 0 Å². The summed E-state index contributed by atoms with van der Waals surface area (Å²) < 4.78 is 31.6. The van der Waals surface area contributed by atoms with Gasteiger partial charge in [-0.15, -0.1) is 0 Å². The Hall–Kier alpha value is -0.750. The number of nitrogens with two attached hydrogens (primary N) is 1. The van der Waals surface area contributed by atoms with Crippen LogP contribution in [0.25, 0.3) is 0 Å². The van der Waals surface area contributed by atoms with Crippen LogP contribution in [-0.4, -0.2) is 48.1 Å². The summed E-state index contributed by atoms with van der Waals surface area (Å²) in [5.41, 5.74) is 5.34. The number of rotatable bonds is 5. The van der Waals surface area contributed by atoms with E-state index in [1.807, 2.05) is 0 Å². The van der Waals surface area contributed by atoms with E-state index in [4.69, 9.17) is 10.5 Å². The molecule has 0 aliphatic carbocycles. The molecule has 0 radical (unpaired) electrons. The molecule has 1 aliphatic rings. The lowest BCUT2D eigenvalue weighted by Gasteiger charge is -2.32. The van der Waals surface area contributed by atoms with Crippen molar-refractivity contribution in [2.75, 3.05) is 19.6 Å². The molecule has 1 fully saturated rings. The molecule has 0 saturated carbocycles. The van der Waals surface area contributed by atoms with Gasteiger partial charge in [0, 0.05) is 12.5 Å². The third kappa shape index (κ3) is 7.14. The molecule has 0 aromatic rings. The number of hydrogen-bond donors (Lipinski definition) is 1. The van der Waals surface area contributed by atoms with Gasteiger partial charge in [-0.3, -0.25) is 9.69 Å².